The van der Waals surface area contributed by atoms with Gasteiger partial charge in [0.05, 0.1) is 6.54 Å². The van der Waals surface area contributed by atoms with Crippen LogP contribution >= 0.6 is 0 Å². The quantitative estimate of drug-likeness (QED) is 0.797. The molecular formula is C23H25FN4O3. The molecule has 0 bridgehead atoms. The fourth-order valence-electron chi connectivity index (χ4n) is 3.95. The summed E-state index contributed by atoms with van der Waals surface area (Å²) in [5, 5.41) is 2.68. The Morgan fingerprint density at radius 1 is 0.871 bits per heavy atom. The zero-order valence-corrected chi connectivity index (χ0v) is 17.2. The van der Waals surface area contributed by atoms with Gasteiger partial charge in [-0.1, -0.05) is 0 Å². The molecule has 2 aromatic carbocycles. The summed E-state index contributed by atoms with van der Waals surface area (Å²) in [6.07, 6.45) is 1.41. The molecule has 4 rings (SSSR count). The highest BCUT2D eigenvalue weighted by atomic mass is 19.1. The van der Waals surface area contributed by atoms with Gasteiger partial charge in [0, 0.05) is 56.1 Å². The van der Waals surface area contributed by atoms with Crippen molar-refractivity contribution in [3.8, 4) is 0 Å². The number of benzene rings is 2. The SMILES string of the molecule is O=C(NCC(=O)N1CCN(c2ccc(F)cc2)CC1)c1ccc(N2CCCC2=O)cc1. The maximum absolute atomic E-state index is 13.1. The lowest BCUT2D eigenvalue weighted by molar-refractivity contribution is -0.130. The number of carbonyl (C=O) groups excluding carboxylic acids is 3. The minimum absolute atomic E-state index is 0.0677. The molecule has 2 saturated heterocycles. The highest BCUT2D eigenvalue weighted by molar-refractivity contribution is 5.98. The summed E-state index contributed by atoms with van der Waals surface area (Å²) in [7, 11) is 0. The minimum atomic E-state index is -0.322. The number of carbonyl (C=O) groups is 3. The van der Waals surface area contributed by atoms with E-state index in [0.717, 1.165) is 17.8 Å². The highest BCUT2D eigenvalue weighted by Gasteiger charge is 2.23. The Labute approximate surface area is 180 Å². The molecule has 7 nitrogen and oxygen atoms in total. The van der Waals surface area contributed by atoms with Gasteiger partial charge >= 0.3 is 0 Å². The first-order valence-corrected chi connectivity index (χ1v) is 10.5. The summed E-state index contributed by atoms with van der Waals surface area (Å²) in [4.78, 5) is 42.2. The van der Waals surface area contributed by atoms with E-state index in [1.165, 1.54) is 12.1 Å². The minimum Gasteiger partial charge on any atom is -0.368 e. The van der Waals surface area contributed by atoms with Crippen molar-refractivity contribution in [1.29, 1.82) is 0 Å². The summed E-state index contributed by atoms with van der Waals surface area (Å²) in [6, 6.07) is 13.2. The average Bonchev–Trinajstić information content (AvgIpc) is 3.24. The van der Waals surface area contributed by atoms with Crippen LogP contribution in [0.3, 0.4) is 0 Å². The number of hydrogen-bond acceptors (Lipinski definition) is 4. The van der Waals surface area contributed by atoms with E-state index in [4.69, 9.17) is 0 Å². The highest BCUT2D eigenvalue weighted by Crippen LogP contribution is 2.21. The van der Waals surface area contributed by atoms with Gasteiger partial charge in [-0.15, -0.1) is 0 Å². The van der Waals surface area contributed by atoms with Gasteiger partial charge in [-0.2, -0.15) is 0 Å². The van der Waals surface area contributed by atoms with E-state index >= 15 is 0 Å². The van der Waals surface area contributed by atoms with E-state index in [0.29, 0.717) is 44.7 Å². The third-order valence-electron chi connectivity index (χ3n) is 5.74. The fourth-order valence-corrected chi connectivity index (χ4v) is 3.95. The number of amides is 3. The average molecular weight is 424 g/mol. The summed E-state index contributed by atoms with van der Waals surface area (Å²) in [5.41, 5.74) is 2.17. The van der Waals surface area contributed by atoms with Crippen LogP contribution in [-0.2, 0) is 9.59 Å². The molecule has 2 aliphatic rings. The van der Waals surface area contributed by atoms with Crippen LogP contribution in [0.15, 0.2) is 48.5 Å². The van der Waals surface area contributed by atoms with Crippen molar-refractivity contribution in [3.05, 3.63) is 59.9 Å². The number of nitrogens with zero attached hydrogens (tertiary/aromatic N) is 3. The molecule has 0 radical (unpaired) electrons. The molecule has 0 saturated carbocycles. The molecule has 1 N–H and O–H groups in total. The van der Waals surface area contributed by atoms with Gasteiger partial charge in [0.2, 0.25) is 11.8 Å². The third kappa shape index (κ3) is 4.84. The summed E-state index contributed by atoms with van der Waals surface area (Å²) >= 11 is 0. The van der Waals surface area contributed by atoms with Gasteiger partial charge in [0.25, 0.3) is 5.91 Å². The Morgan fingerprint density at radius 2 is 1.52 bits per heavy atom. The van der Waals surface area contributed by atoms with Crippen LogP contribution in [0.5, 0.6) is 0 Å². The zero-order valence-electron chi connectivity index (χ0n) is 17.2. The normalized spacial score (nSPS) is 16.5. The Kier molecular flexibility index (Phi) is 6.16. The second kappa shape index (κ2) is 9.16. The molecule has 2 fully saturated rings. The molecule has 2 aliphatic heterocycles. The van der Waals surface area contributed by atoms with Crippen molar-refractivity contribution in [2.45, 2.75) is 12.8 Å². The van der Waals surface area contributed by atoms with Crippen LogP contribution in [0.25, 0.3) is 0 Å². The number of nitrogens with one attached hydrogen (secondary N) is 1. The number of halogens is 1. The molecule has 0 unspecified atom stereocenters. The largest absolute Gasteiger partial charge is 0.368 e. The number of anilines is 2. The Morgan fingerprint density at radius 3 is 2.13 bits per heavy atom. The lowest BCUT2D eigenvalue weighted by Crippen LogP contribution is -2.51. The number of hydrogen-bond donors (Lipinski definition) is 1. The Hall–Kier alpha value is -3.42. The zero-order chi connectivity index (χ0) is 21.8. The molecule has 2 heterocycles. The maximum atomic E-state index is 13.1. The number of rotatable bonds is 5. The third-order valence-corrected chi connectivity index (χ3v) is 5.74. The molecule has 0 aromatic heterocycles. The Balaban J connectivity index is 1.24. The first kappa shape index (κ1) is 20.8. The standard InChI is InChI=1S/C23H25FN4O3/c24-18-5-9-19(10-6-18)26-12-14-27(15-13-26)22(30)16-25-23(31)17-3-7-20(8-4-17)28-11-1-2-21(28)29/h3-10H,1-2,11-16H2,(H,25,31). The van der Waals surface area contributed by atoms with Crippen molar-refractivity contribution >= 4 is 29.1 Å². The monoisotopic (exact) mass is 424 g/mol. The summed E-state index contributed by atoms with van der Waals surface area (Å²) < 4.78 is 13.1. The van der Waals surface area contributed by atoms with E-state index in [1.54, 1.807) is 46.2 Å². The molecule has 162 valence electrons. The molecule has 8 heteroatoms. The topological polar surface area (TPSA) is 73.0 Å². The number of piperazine rings is 1. The van der Waals surface area contributed by atoms with Gasteiger partial charge in [0.15, 0.2) is 0 Å². The lowest BCUT2D eigenvalue weighted by atomic mass is 10.2. The molecule has 0 atom stereocenters. The first-order chi connectivity index (χ1) is 15.0. The van der Waals surface area contributed by atoms with Crippen LogP contribution in [0.4, 0.5) is 15.8 Å². The van der Waals surface area contributed by atoms with E-state index in [2.05, 4.69) is 10.2 Å². The molecule has 31 heavy (non-hydrogen) atoms. The van der Waals surface area contributed by atoms with Gasteiger partial charge < -0.3 is 20.0 Å². The fraction of sp³-hybridized carbons (Fsp3) is 0.348. The summed E-state index contributed by atoms with van der Waals surface area (Å²) in [5.74, 6) is -0.626. The van der Waals surface area contributed by atoms with Crippen LogP contribution in [0.1, 0.15) is 23.2 Å². The molecule has 0 spiro atoms. The molecular weight excluding hydrogens is 399 g/mol. The van der Waals surface area contributed by atoms with Gasteiger partial charge in [-0.3, -0.25) is 14.4 Å². The van der Waals surface area contributed by atoms with Crippen molar-refractivity contribution in [1.82, 2.24) is 10.2 Å². The van der Waals surface area contributed by atoms with E-state index < -0.39 is 0 Å². The van der Waals surface area contributed by atoms with E-state index in [-0.39, 0.29) is 30.1 Å². The van der Waals surface area contributed by atoms with Crippen LogP contribution in [0.2, 0.25) is 0 Å². The lowest BCUT2D eigenvalue weighted by Gasteiger charge is -2.36. The van der Waals surface area contributed by atoms with Gasteiger partial charge in [-0.25, -0.2) is 4.39 Å². The predicted molar refractivity (Wildman–Crippen MR) is 116 cm³/mol. The van der Waals surface area contributed by atoms with Crippen LogP contribution < -0.4 is 15.1 Å². The molecule has 0 aliphatic carbocycles. The van der Waals surface area contributed by atoms with Crippen molar-refractivity contribution in [2.75, 3.05) is 49.1 Å². The smallest absolute Gasteiger partial charge is 0.251 e. The van der Waals surface area contributed by atoms with Crippen molar-refractivity contribution in [2.24, 2.45) is 0 Å². The second-order valence-corrected chi connectivity index (χ2v) is 7.72. The van der Waals surface area contributed by atoms with Gasteiger partial charge in [-0.05, 0) is 55.0 Å². The summed E-state index contributed by atoms with van der Waals surface area (Å²) in [6.45, 7) is 3.04. The van der Waals surface area contributed by atoms with Crippen molar-refractivity contribution < 1.29 is 18.8 Å². The van der Waals surface area contributed by atoms with Crippen LogP contribution in [0, 0.1) is 5.82 Å². The molecule has 3 amide bonds. The first-order valence-electron chi connectivity index (χ1n) is 10.5. The van der Waals surface area contributed by atoms with Gasteiger partial charge in [0.1, 0.15) is 5.82 Å². The van der Waals surface area contributed by atoms with E-state index in [1.807, 2.05) is 0 Å². The van der Waals surface area contributed by atoms with Crippen LogP contribution in [-0.4, -0.2) is 61.9 Å². The van der Waals surface area contributed by atoms with Crippen molar-refractivity contribution in [3.63, 3.8) is 0 Å². The molecule has 2 aromatic rings. The van der Waals surface area contributed by atoms with E-state index in [9.17, 15) is 18.8 Å². The maximum Gasteiger partial charge on any atom is 0.251 e. The predicted octanol–water partition coefficient (Wildman–Crippen LogP) is 2.03. The second-order valence-electron chi connectivity index (χ2n) is 7.72. The Bertz CT molecular complexity index is 954.